The number of nitrogens with zero attached hydrogens (tertiary/aromatic N) is 1. The van der Waals surface area contributed by atoms with Crippen LogP contribution in [0.2, 0.25) is 5.02 Å². The van der Waals surface area contributed by atoms with Crippen LogP contribution < -0.4 is 5.32 Å². The molecule has 5 nitrogen and oxygen atoms in total. The fourth-order valence-corrected chi connectivity index (χ4v) is 3.35. The lowest BCUT2D eigenvalue weighted by Crippen LogP contribution is -2.45. The van der Waals surface area contributed by atoms with E-state index in [4.69, 9.17) is 16.3 Å². The van der Waals surface area contributed by atoms with Gasteiger partial charge >= 0.3 is 12.3 Å². The molecule has 0 saturated carbocycles. The molecule has 1 aliphatic heterocycles. The SMILES string of the molecule is COC(=O)N1CCc2ccc(F)cc2[C@H]1C(=O)Nc1cc(C(F)(F)F)ccc1Cl. The topological polar surface area (TPSA) is 58.6 Å². The summed E-state index contributed by atoms with van der Waals surface area (Å²) in [5.74, 6) is -1.46. The molecular weight excluding hydrogens is 416 g/mol. The summed E-state index contributed by atoms with van der Waals surface area (Å²) in [5, 5.41) is 2.20. The number of carbonyl (C=O) groups is 2. The molecule has 0 saturated heterocycles. The van der Waals surface area contributed by atoms with Crippen LogP contribution in [-0.2, 0) is 22.1 Å². The first kappa shape index (κ1) is 20.9. The molecule has 0 aromatic heterocycles. The first-order valence-electron chi connectivity index (χ1n) is 8.42. The Morgan fingerprint density at radius 3 is 2.59 bits per heavy atom. The number of fused-ring (bicyclic) bond motifs is 1. The number of nitrogens with one attached hydrogen (secondary N) is 1. The average molecular weight is 431 g/mol. The predicted octanol–water partition coefficient (Wildman–Crippen LogP) is 4.80. The zero-order chi connectivity index (χ0) is 21.3. The Morgan fingerprint density at radius 2 is 1.93 bits per heavy atom. The van der Waals surface area contributed by atoms with Gasteiger partial charge in [0.1, 0.15) is 11.9 Å². The van der Waals surface area contributed by atoms with E-state index in [1.54, 1.807) is 0 Å². The highest BCUT2D eigenvalue weighted by atomic mass is 35.5. The van der Waals surface area contributed by atoms with E-state index in [0.717, 1.165) is 30.2 Å². The molecule has 154 valence electrons. The molecule has 0 radical (unpaired) electrons. The number of hydrogen-bond donors (Lipinski definition) is 1. The van der Waals surface area contributed by atoms with Crippen LogP contribution in [0, 0.1) is 5.82 Å². The summed E-state index contributed by atoms with van der Waals surface area (Å²) in [6, 6.07) is 5.02. The Hall–Kier alpha value is -2.81. The van der Waals surface area contributed by atoms with Crippen molar-refractivity contribution in [3.8, 4) is 0 Å². The highest BCUT2D eigenvalue weighted by molar-refractivity contribution is 6.33. The number of amides is 2. The third kappa shape index (κ3) is 4.29. The molecule has 0 unspecified atom stereocenters. The van der Waals surface area contributed by atoms with Crippen molar-refractivity contribution < 1.29 is 31.9 Å². The summed E-state index contributed by atoms with van der Waals surface area (Å²) >= 11 is 5.93. The molecule has 0 aliphatic carbocycles. The second-order valence-corrected chi connectivity index (χ2v) is 6.75. The lowest BCUT2D eigenvalue weighted by Gasteiger charge is -2.35. The van der Waals surface area contributed by atoms with Crippen molar-refractivity contribution in [3.63, 3.8) is 0 Å². The van der Waals surface area contributed by atoms with Crippen LogP contribution in [0.25, 0.3) is 0 Å². The summed E-state index contributed by atoms with van der Waals surface area (Å²) in [4.78, 5) is 26.2. The van der Waals surface area contributed by atoms with Gasteiger partial charge in [0.25, 0.3) is 5.91 Å². The van der Waals surface area contributed by atoms with Gasteiger partial charge in [-0.1, -0.05) is 17.7 Å². The summed E-state index contributed by atoms with van der Waals surface area (Å²) in [6.07, 6.45) is -5.10. The number of alkyl halides is 3. The van der Waals surface area contributed by atoms with Gasteiger partial charge in [0, 0.05) is 6.54 Å². The average Bonchev–Trinajstić information content (AvgIpc) is 2.67. The molecule has 1 atom stereocenters. The van der Waals surface area contributed by atoms with Gasteiger partial charge in [-0.05, 0) is 47.9 Å². The minimum absolute atomic E-state index is 0.111. The van der Waals surface area contributed by atoms with Gasteiger partial charge in [-0.15, -0.1) is 0 Å². The Bertz CT molecular complexity index is 965. The summed E-state index contributed by atoms with van der Waals surface area (Å²) in [7, 11) is 1.13. The van der Waals surface area contributed by atoms with E-state index in [-0.39, 0.29) is 22.8 Å². The third-order valence-electron chi connectivity index (χ3n) is 4.55. The van der Waals surface area contributed by atoms with Crippen LogP contribution in [0.1, 0.15) is 22.7 Å². The number of ether oxygens (including phenoxy) is 1. The van der Waals surface area contributed by atoms with Crippen molar-refractivity contribution in [1.29, 1.82) is 0 Å². The van der Waals surface area contributed by atoms with E-state index in [0.29, 0.717) is 18.1 Å². The van der Waals surface area contributed by atoms with E-state index in [2.05, 4.69) is 5.32 Å². The second kappa shape index (κ2) is 7.90. The van der Waals surface area contributed by atoms with E-state index >= 15 is 0 Å². The molecule has 1 heterocycles. The van der Waals surface area contributed by atoms with Gasteiger partial charge < -0.3 is 10.1 Å². The number of hydrogen-bond acceptors (Lipinski definition) is 3. The molecule has 0 fully saturated rings. The highest BCUT2D eigenvalue weighted by Gasteiger charge is 2.37. The molecule has 3 rings (SSSR count). The lowest BCUT2D eigenvalue weighted by atomic mass is 9.92. The molecule has 0 spiro atoms. The number of halogens is 5. The fraction of sp³-hybridized carbons (Fsp3) is 0.263. The van der Waals surface area contributed by atoms with Crippen LogP contribution in [0.4, 0.5) is 28.0 Å². The normalized spacial score (nSPS) is 16.2. The zero-order valence-corrected chi connectivity index (χ0v) is 15.8. The monoisotopic (exact) mass is 430 g/mol. The first-order valence-corrected chi connectivity index (χ1v) is 8.80. The maximum atomic E-state index is 13.8. The van der Waals surface area contributed by atoms with Crippen LogP contribution in [0.5, 0.6) is 0 Å². The maximum Gasteiger partial charge on any atom is 0.416 e. The van der Waals surface area contributed by atoms with E-state index in [9.17, 15) is 27.2 Å². The van der Waals surface area contributed by atoms with Crippen molar-refractivity contribution in [2.75, 3.05) is 19.0 Å². The molecule has 0 bridgehead atoms. The van der Waals surface area contributed by atoms with Crippen molar-refractivity contribution >= 4 is 29.3 Å². The highest BCUT2D eigenvalue weighted by Crippen LogP contribution is 2.36. The third-order valence-corrected chi connectivity index (χ3v) is 4.87. The Morgan fingerprint density at radius 1 is 1.21 bits per heavy atom. The van der Waals surface area contributed by atoms with Crippen molar-refractivity contribution in [2.24, 2.45) is 0 Å². The van der Waals surface area contributed by atoms with Crippen LogP contribution in [0.3, 0.4) is 0 Å². The van der Waals surface area contributed by atoms with Gasteiger partial charge in [-0.3, -0.25) is 9.69 Å². The maximum absolute atomic E-state index is 13.8. The molecule has 1 aliphatic rings. The van der Waals surface area contributed by atoms with Gasteiger partial charge in [-0.2, -0.15) is 13.2 Å². The molecule has 2 amide bonds. The van der Waals surface area contributed by atoms with Crippen molar-refractivity contribution in [3.05, 3.63) is 63.9 Å². The molecule has 2 aromatic carbocycles. The van der Waals surface area contributed by atoms with Gasteiger partial charge in [0.15, 0.2) is 0 Å². The minimum atomic E-state index is -4.64. The lowest BCUT2D eigenvalue weighted by molar-refractivity contribution is -0.137. The van der Waals surface area contributed by atoms with Crippen LogP contribution in [0.15, 0.2) is 36.4 Å². The smallest absolute Gasteiger partial charge is 0.416 e. The summed E-state index contributed by atoms with van der Waals surface area (Å²) < 4.78 is 57.4. The molecule has 1 N–H and O–H groups in total. The zero-order valence-electron chi connectivity index (χ0n) is 15.0. The summed E-state index contributed by atoms with van der Waals surface area (Å²) in [5.41, 5.74) is -0.416. The summed E-state index contributed by atoms with van der Waals surface area (Å²) in [6.45, 7) is 0.111. The molecule has 29 heavy (non-hydrogen) atoms. The minimum Gasteiger partial charge on any atom is -0.453 e. The Balaban J connectivity index is 2.00. The van der Waals surface area contributed by atoms with Crippen LogP contribution >= 0.6 is 11.6 Å². The number of carbonyl (C=O) groups excluding carboxylic acids is 2. The van der Waals surface area contributed by atoms with E-state index in [1.165, 1.54) is 12.1 Å². The van der Waals surface area contributed by atoms with Crippen LogP contribution in [-0.4, -0.2) is 30.6 Å². The predicted molar refractivity (Wildman–Crippen MR) is 97.0 cm³/mol. The number of anilines is 1. The fourth-order valence-electron chi connectivity index (χ4n) is 3.18. The van der Waals surface area contributed by atoms with Gasteiger partial charge in [-0.25, -0.2) is 9.18 Å². The van der Waals surface area contributed by atoms with Crippen molar-refractivity contribution in [2.45, 2.75) is 18.6 Å². The standard InChI is InChI=1S/C19H15ClF4N2O3/c1-29-18(28)26-7-6-10-2-4-12(21)9-13(10)16(26)17(27)25-15-8-11(19(22,23)24)3-5-14(15)20/h2-5,8-9,16H,6-7H2,1H3,(H,25,27)/t16-/m0/s1. The number of benzene rings is 2. The molecule has 10 heteroatoms. The second-order valence-electron chi connectivity index (χ2n) is 6.34. The Kier molecular flexibility index (Phi) is 5.70. The Labute approximate surface area is 168 Å². The van der Waals surface area contributed by atoms with E-state index in [1.807, 2.05) is 0 Å². The van der Waals surface area contributed by atoms with Gasteiger partial charge in [0.05, 0.1) is 23.4 Å². The largest absolute Gasteiger partial charge is 0.453 e. The number of rotatable bonds is 2. The number of methoxy groups -OCH3 is 1. The first-order chi connectivity index (χ1) is 13.6. The van der Waals surface area contributed by atoms with Crippen molar-refractivity contribution in [1.82, 2.24) is 4.90 Å². The van der Waals surface area contributed by atoms with E-state index < -0.39 is 35.6 Å². The molecule has 2 aromatic rings. The van der Waals surface area contributed by atoms with Gasteiger partial charge in [0.2, 0.25) is 0 Å². The quantitative estimate of drug-likeness (QED) is 0.696. The molecular formula is C19H15ClF4N2O3.